The van der Waals surface area contributed by atoms with Crippen molar-refractivity contribution in [1.82, 2.24) is 5.32 Å². The molecule has 20 heavy (non-hydrogen) atoms. The van der Waals surface area contributed by atoms with Gasteiger partial charge in [0.05, 0.1) is 4.90 Å². The van der Waals surface area contributed by atoms with Gasteiger partial charge in [0.15, 0.2) is 9.84 Å². The second kappa shape index (κ2) is 7.25. The molecule has 0 radical (unpaired) electrons. The number of carboxylic acids is 1. The first kappa shape index (κ1) is 16.5. The maximum atomic E-state index is 11.4. The minimum absolute atomic E-state index is 0.0669. The van der Waals surface area contributed by atoms with Gasteiger partial charge in [0.25, 0.3) is 0 Å². The van der Waals surface area contributed by atoms with E-state index in [1.54, 1.807) is 12.1 Å². The topological polar surface area (TPSA) is 92.7 Å². The van der Waals surface area contributed by atoms with Gasteiger partial charge in [0, 0.05) is 6.26 Å². The number of benzene rings is 1. The Kier molecular flexibility index (Phi) is 5.97. The van der Waals surface area contributed by atoms with Gasteiger partial charge in [0.1, 0.15) is 18.4 Å². The summed E-state index contributed by atoms with van der Waals surface area (Å²) in [7, 11) is -3.31. The second-order valence-corrected chi connectivity index (χ2v) is 6.42. The Bertz CT molecular complexity index is 556. The predicted molar refractivity (Wildman–Crippen MR) is 74.8 cm³/mol. The van der Waals surface area contributed by atoms with Crippen LogP contribution in [0.3, 0.4) is 0 Å². The van der Waals surface area contributed by atoms with E-state index in [9.17, 15) is 13.2 Å². The summed E-state index contributed by atoms with van der Waals surface area (Å²) in [5, 5.41) is 11.9. The van der Waals surface area contributed by atoms with Gasteiger partial charge >= 0.3 is 5.97 Å². The maximum absolute atomic E-state index is 11.4. The number of hydrogen-bond donors (Lipinski definition) is 2. The van der Waals surface area contributed by atoms with Crippen LogP contribution in [0.1, 0.15) is 13.3 Å². The van der Waals surface area contributed by atoms with Crippen LogP contribution in [0.15, 0.2) is 29.2 Å². The highest BCUT2D eigenvalue weighted by atomic mass is 32.2. The van der Waals surface area contributed by atoms with Gasteiger partial charge < -0.3 is 15.2 Å². The van der Waals surface area contributed by atoms with Crippen LogP contribution in [0.5, 0.6) is 5.75 Å². The zero-order valence-corrected chi connectivity index (χ0v) is 12.3. The molecule has 0 spiro atoms. The molecule has 0 aliphatic carbocycles. The Morgan fingerprint density at radius 2 is 2.15 bits per heavy atom. The Hall–Kier alpha value is -1.60. The van der Waals surface area contributed by atoms with Gasteiger partial charge in [-0.3, -0.25) is 4.79 Å². The van der Waals surface area contributed by atoms with Crippen molar-refractivity contribution >= 4 is 15.8 Å². The standard InChI is InChI=1S/C13H19NO5S/c1-3-7-14-12(13(15)16)9-19-10-5-4-6-11(8-10)20(2,17)18/h4-6,8,12,14H,3,7,9H2,1-2H3,(H,15,16). The fourth-order valence-electron chi connectivity index (χ4n) is 1.51. The molecule has 6 nitrogen and oxygen atoms in total. The summed E-state index contributed by atoms with van der Waals surface area (Å²) in [5.74, 6) is -0.671. The Morgan fingerprint density at radius 3 is 2.70 bits per heavy atom. The van der Waals surface area contributed by atoms with Crippen LogP contribution >= 0.6 is 0 Å². The quantitative estimate of drug-likeness (QED) is 0.742. The fourth-order valence-corrected chi connectivity index (χ4v) is 2.17. The molecule has 0 saturated carbocycles. The Labute approximate surface area is 118 Å². The summed E-state index contributed by atoms with van der Waals surface area (Å²) in [6, 6.07) is 5.17. The van der Waals surface area contributed by atoms with E-state index in [1.807, 2.05) is 6.92 Å². The third kappa shape index (κ3) is 5.18. The smallest absolute Gasteiger partial charge is 0.324 e. The van der Waals surface area contributed by atoms with Gasteiger partial charge in [-0.1, -0.05) is 13.0 Å². The zero-order valence-electron chi connectivity index (χ0n) is 11.5. The van der Waals surface area contributed by atoms with E-state index in [0.29, 0.717) is 12.3 Å². The van der Waals surface area contributed by atoms with Gasteiger partial charge in [0.2, 0.25) is 0 Å². The monoisotopic (exact) mass is 301 g/mol. The second-order valence-electron chi connectivity index (χ2n) is 4.40. The first-order chi connectivity index (χ1) is 9.34. The molecule has 0 bridgehead atoms. The summed E-state index contributed by atoms with van der Waals surface area (Å²) in [4.78, 5) is 11.2. The van der Waals surface area contributed by atoms with Gasteiger partial charge in [-0.15, -0.1) is 0 Å². The van der Waals surface area contributed by atoms with Crippen LogP contribution in [0.2, 0.25) is 0 Å². The molecule has 0 aliphatic heterocycles. The summed E-state index contributed by atoms with van der Waals surface area (Å²) in [5.41, 5.74) is 0. The van der Waals surface area contributed by atoms with Crippen LogP contribution in [-0.2, 0) is 14.6 Å². The molecule has 2 N–H and O–H groups in total. The van der Waals surface area contributed by atoms with Crippen LogP contribution in [0, 0.1) is 0 Å². The first-order valence-corrected chi connectivity index (χ1v) is 8.13. The summed E-state index contributed by atoms with van der Waals surface area (Å²) in [6.07, 6.45) is 1.92. The molecule has 1 rings (SSSR count). The molecule has 0 aliphatic rings. The average Bonchev–Trinajstić information content (AvgIpc) is 2.37. The van der Waals surface area contributed by atoms with Gasteiger partial charge in [-0.25, -0.2) is 8.42 Å². The van der Waals surface area contributed by atoms with Crippen molar-refractivity contribution in [3.05, 3.63) is 24.3 Å². The number of carbonyl (C=O) groups is 1. The van der Waals surface area contributed by atoms with Crippen LogP contribution in [0.4, 0.5) is 0 Å². The first-order valence-electron chi connectivity index (χ1n) is 6.23. The number of aliphatic carboxylic acids is 1. The van der Waals surface area contributed by atoms with Crippen molar-refractivity contribution in [3.8, 4) is 5.75 Å². The van der Waals surface area contributed by atoms with Gasteiger partial charge in [-0.2, -0.15) is 0 Å². The van der Waals surface area contributed by atoms with Gasteiger partial charge in [-0.05, 0) is 31.2 Å². The molecular weight excluding hydrogens is 282 g/mol. The maximum Gasteiger partial charge on any atom is 0.324 e. The molecule has 1 aromatic carbocycles. The number of hydrogen-bond acceptors (Lipinski definition) is 5. The van der Waals surface area contributed by atoms with Crippen molar-refractivity contribution in [1.29, 1.82) is 0 Å². The number of sulfone groups is 1. The van der Waals surface area contributed by atoms with Crippen LogP contribution < -0.4 is 10.1 Å². The highest BCUT2D eigenvalue weighted by Crippen LogP contribution is 2.17. The summed E-state index contributed by atoms with van der Waals surface area (Å²) >= 11 is 0. The highest BCUT2D eigenvalue weighted by Gasteiger charge is 2.17. The van der Waals surface area contributed by atoms with Crippen molar-refractivity contribution < 1.29 is 23.1 Å². The molecule has 0 fully saturated rings. The predicted octanol–water partition coefficient (Wildman–Crippen LogP) is 0.922. The highest BCUT2D eigenvalue weighted by molar-refractivity contribution is 7.90. The molecule has 0 amide bonds. The van der Waals surface area contributed by atoms with Crippen molar-refractivity contribution in [2.75, 3.05) is 19.4 Å². The van der Waals surface area contributed by atoms with E-state index >= 15 is 0 Å². The van der Waals surface area contributed by atoms with E-state index in [0.717, 1.165) is 12.7 Å². The number of ether oxygens (including phenoxy) is 1. The van der Waals surface area contributed by atoms with E-state index in [2.05, 4.69) is 5.32 Å². The normalized spacial score (nSPS) is 12.9. The third-order valence-corrected chi connectivity index (χ3v) is 3.70. The molecule has 1 atom stereocenters. The van der Waals surface area contributed by atoms with Crippen molar-refractivity contribution in [3.63, 3.8) is 0 Å². The van der Waals surface area contributed by atoms with E-state index < -0.39 is 21.8 Å². The van der Waals surface area contributed by atoms with E-state index in [-0.39, 0.29) is 11.5 Å². The number of rotatable bonds is 8. The molecule has 1 unspecified atom stereocenters. The van der Waals surface area contributed by atoms with Crippen molar-refractivity contribution in [2.45, 2.75) is 24.3 Å². The molecular formula is C13H19NO5S. The summed E-state index contributed by atoms with van der Waals surface area (Å²) < 4.78 is 28.2. The van der Waals surface area contributed by atoms with Crippen LogP contribution in [0.25, 0.3) is 0 Å². The summed E-state index contributed by atoms with van der Waals surface area (Å²) in [6.45, 7) is 2.44. The Balaban J connectivity index is 2.71. The van der Waals surface area contributed by atoms with Crippen molar-refractivity contribution in [2.24, 2.45) is 0 Å². The van der Waals surface area contributed by atoms with Crippen LogP contribution in [-0.4, -0.2) is 44.9 Å². The molecule has 0 aromatic heterocycles. The molecule has 0 saturated heterocycles. The molecule has 1 aromatic rings. The number of nitrogens with one attached hydrogen (secondary N) is 1. The lowest BCUT2D eigenvalue weighted by molar-refractivity contribution is -0.140. The lowest BCUT2D eigenvalue weighted by Gasteiger charge is -2.15. The lowest BCUT2D eigenvalue weighted by atomic mass is 10.3. The lowest BCUT2D eigenvalue weighted by Crippen LogP contribution is -2.41. The van der Waals surface area contributed by atoms with E-state index in [4.69, 9.17) is 9.84 Å². The molecule has 0 heterocycles. The SMILES string of the molecule is CCCNC(COc1cccc(S(C)(=O)=O)c1)C(=O)O. The average molecular weight is 301 g/mol. The number of carboxylic acid groups (broad SMARTS) is 1. The molecule has 7 heteroatoms. The third-order valence-electron chi connectivity index (χ3n) is 2.59. The van der Waals surface area contributed by atoms with E-state index in [1.165, 1.54) is 12.1 Å². The fraction of sp³-hybridized carbons (Fsp3) is 0.462. The Morgan fingerprint density at radius 1 is 1.45 bits per heavy atom. The minimum atomic E-state index is -3.31. The molecule has 112 valence electrons. The largest absolute Gasteiger partial charge is 0.491 e. The minimum Gasteiger partial charge on any atom is -0.491 e. The zero-order chi connectivity index (χ0) is 15.2.